The molecule has 1 atom stereocenters. The molecule has 0 radical (unpaired) electrons. The first-order valence-electron chi connectivity index (χ1n) is 10.0. The highest BCUT2D eigenvalue weighted by atomic mass is 127. The van der Waals surface area contributed by atoms with Crippen LogP contribution < -0.4 is 5.32 Å². The van der Waals surface area contributed by atoms with Gasteiger partial charge in [0.15, 0.2) is 5.96 Å². The number of aliphatic imine (C=N–C) groups is 1. The third kappa shape index (κ3) is 6.84. The van der Waals surface area contributed by atoms with Gasteiger partial charge in [0.05, 0.1) is 0 Å². The van der Waals surface area contributed by atoms with Crippen molar-refractivity contribution in [2.75, 3.05) is 39.8 Å². The Kier molecular flexibility index (Phi) is 9.98. The monoisotopic (exact) mass is 554 g/mol. The van der Waals surface area contributed by atoms with E-state index in [1.165, 1.54) is 12.8 Å². The van der Waals surface area contributed by atoms with Crippen molar-refractivity contribution < 1.29 is 21.6 Å². The summed E-state index contributed by atoms with van der Waals surface area (Å²) in [5.74, 6) is 0.954. The van der Waals surface area contributed by atoms with Crippen molar-refractivity contribution in [2.24, 2.45) is 16.3 Å². The summed E-state index contributed by atoms with van der Waals surface area (Å²) in [4.78, 5) is 6.65. The van der Waals surface area contributed by atoms with E-state index in [0.29, 0.717) is 23.7 Å². The Hall–Kier alpha value is -0.300. The van der Waals surface area contributed by atoms with Crippen molar-refractivity contribution >= 4 is 40.0 Å². The summed E-state index contributed by atoms with van der Waals surface area (Å²) < 4.78 is 61.6. The fraction of sp³-hybridized carbons (Fsp3) is 0.944. The topological polar surface area (TPSA) is 65.0 Å². The SMILES string of the molecule is CCCC1(C)CCCN(C(=NC)NCC2CCN(S(=O)(=O)C(F)(F)F)CC2)C1.I. The van der Waals surface area contributed by atoms with Crippen LogP contribution in [0.25, 0.3) is 0 Å². The molecule has 0 saturated carbocycles. The summed E-state index contributed by atoms with van der Waals surface area (Å²) in [7, 11) is -3.47. The predicted molar refractivity (Wildman–Crippen MR) is 120 cm³/mol. The Morgan fingerprint density at radius 1 is 1.24 bits per heavy atom. The largest absolute Gasteiger partial charge is 0.511 e. The van der Waals surface area contributed by atoms with Gasteiger partial charge in [0.2, 0.25) is 0 Å². The van der Waals surface area contributed by atoms with Crippen LogP contribution in [0.5, 0.6) is 0 Å². The molecule has 1 N–H and O–H groups in total. The lowest BCUT2D eigenvalue weighted by Gasteiger charge is -2.42. The van der Waals surface area contributed by atoms with E-state index in [-0.39, 0.29) is 48.4 Å². The van der Waals surface area contributed by atoms with Gasteiger partial charge >= 0.3 is 15.5 Å². The fourth-order valence-corrected chi connectivity index (χ4v) is 5.36. The third-order valence-corrected chi connectivity index (χ3v) is 7.53. The molecule has 11 heteroatoms. The Bertz CT molecular complexity index is 648. The molecule has 0 aromatic rings. The number of hydrogen-bond donors (Lipinski definition) is 1. The van der Waals surface area contributed by atoms with E-state index in [4.69, 9.17) is 0 Å². The van der Waals surface area contributed by atoms with E-state index in [1.54, 1.807) is 7.05 Å². The number of sulfonamides is 1. The van der Waals surface area contributed by atoms with Crippen LogP contribution in [0.3, 0.4) is 0 Å². The molecule has 172 valence electrons. The average Bonchev–Trinajstić information content (AvgIpc) is 2.62. The minimum Gasteiger partial charge on any atom is -0.356 e. The zero-order chi connectivity index (χ0) is 21.0. The van der Waals surface area contributed by atoms with Crippen molar-refractivity contribution in [3.8, 4) is 0 Å². The highest BCUT2D eigenvalue weighted by Crippen LogP contribution is 2.34. The van der Waals surface area contributed by atoms with Crippen LogP contribution in [-0.2, 0) is 10.0 Å². The zero-order valence-electron chi connectivity index (χ0n) is 17.5. The first-order chi connectivity index (χ1) is 13.0. The van der Waals surface area contributed by atoms with Crippen LogP contribution in [-0.4, -0.2) is 68.9 Å². The molecule has 0 aliphatic carbocycles. The van der Waals surface area contributed by atoms with E-state index in [1.807, 2.05) is 0 Å². The number of nitrogens with one attached hydrogen (secondary N) is 1. The highest BCUT2D eigenvalue weighted by molar-refractivity contribution is 14.0. The maximum atomic E-state index is 12.7. The van der Waals surface area contributed by atoms with Gasteiger partial charge in [-0.2, -0.15) is 17.5 Å². The number of guanidine groups is 1. The van der Waals surface area contributed by atoms with E-state index >= 15 is 0 Å². The number of rotatable bonds is 5. The Labute approximate surface area is 189 Å². The molecular formula is C18H34F3IN4O2S. The van der Waals surface area contributed by atoms with E-state index < -0.39 is 15.5 Å². The maximum absolute atomic E-state index is 12.7. The molecule has 6 nitrogen and oxygen atoms in total. The third-order valence-electron chi connectivity index (χ3n) is 5.90. The number of likely N-dealkylation sites (tertiary alicyclic amines) is 1. The van der Waals surface area contributed by atoms with Gasteiger partial charge in [0, 0.05) is 39.8 Å². The second kappa shape index (κ2) is 10.8. The summed E-state index contributed by atoms with van der Waals surface area (Å²) in [6.45, 7) is 6.81. The first-order valence-corrected chi connectivity index (χ1v) is 11.5. The molecule has 0 spiro atoms. The molecule has 2 rings (SSSR count). The lowest BCUT2D eigenvalue weighted by Crippen LogP contribution is -2.51. The normalized spacial score (nSPS) is 25.6. The molecule has 2 fully saturated rings. The Morgan fingerprint density at radius 3 is 2.38 bits per heavy atom. The lowest BCUT2D eigenvalue weighted by molar-refractivity contribution is -0.0496. The summed E-state index contributed by atoms with van der Waals surface area (Å²) >= 11 is 0. The van der Waals surface area contributed by atoms with Gasteiger partial charge in [-0.05, 0) is 43.4 Å². The van der Waals surface area contributed by atoms with E-state index in [2.05, 4.69) is 29.1 Å². The minimum atomic E-state index is -5.22. The van der Waals surface area contributed by atoms with Crippen LogP contribution in [0.15, 0.2) is 4.99 Å². The minimum absolute atomic E-state index is 0. The van der Waals surface area contributed by atoms with Gasteiger partial charge in [0.1, 0.15) is 0 Å². The van der Waals surface area contributed by atoms with Crippen molar-refractivity contribution in [3.05, 3.63) is 0 Å². The quantitative estimate of drug-likeness (QED) is 0.320. The first kappa shape index (κ1) is 26.7. The molecular weight excluding hydrogens is 520 g/mol. The number of piperidine rings is 2. The standard InChI is InChI=1S/C18H33F3N4O2S.HI/c1-4-8-17(2)9-5-10-24(14-17)16(22-3)23-13-15-6-11-25(12-7-15)28(26,27)18(19,20)21;/h15H,4-14H2,1-3H3,(H,22,23);1H. The smallest absolute Gasteiger partial charge is 0.356 e. The summed E-state index contributed by atoms with van der Waals surface area (Å²) in [5, 5.41) is 3.36. The lowest BCUT2D eigenvalue weighted by atomic mass is 9.78. The van der Waals surface area contributed by atoms with Crippen LogP contribution in [0, 0.1) is 11.3 Å². The summed E-state index contributed by atoms with van der Waals surface area (Å²) in [6, 6.07) is 0. The van der Waals surface area contributed by atoms with E-state index in [0.717, 1.165) is 31.9 Å². The molecule has 0 amide bonds. The molecule has 1 unspecified atom stereocenters. The number of alkyl halides is 3. The van der Waals surface area contributed by atoms with Gasteiger partial charge in [-0.25, -0.2) is 8.42 Å². The molecule has 0 bridgehead atoms. The van der Waals surface area contributed by atoms with Gasteiger partial charge in [-0.15, -0.1) is 24.0 Å². The van der Waals surface area contributed by atoms with Crippen molar-refractivity contribution in [3.63, 3.8) is 0 Å². The second-order valence-corrected chi connectivity index (χ2v) is 10.2. The van der Waals surface area contributed by atoms with Crippen LogP contribution in [0.1, 0.15) is 52.4 Å². The van der Waals surface area contributed by atoms with Gasteiger partial charge < -0.3 is 10.2 Å². The van der Waals surface area contributed by atoms with Crippen molar-refractivity contribution in [1.82, 2.24) is 14.5 Å². The maximum Gasteiger partial charge on any atom is 0.511 e. The molecule has 0 aromatic carbocycles. The summed E-state index contributed by atoms with van der Waals surface area (Å²) in [5.41, 5.74) is -4.94. The molecule has 2 aliphatic heterocycles. The zero-order valence-corrected chi connectivity index (χ0v) is 20.6. The summed E-state index contributed by atoms with van der Waals surface area (Å²) in [6.07, 6.45) is 5.47. The Balaban J connectivity index is 0.00000420. The molecule has 0 aromatic heterocycles. The van der Waals surface area contributed by atoms with E-state index in [9.17, 15) is 21.6 Å². The second-order valence-electron chi connectivity index (χ2n) is 8.31. The van der Waals surface area contributed by atoms with Gasteiger partial charge in [-0.3, -0.25) is 4.99 Å². The Morgan fingerprint density at radius 2 is 1.86 bits per heavy atom. The molecule has 29 heavy (non-hydrogen) atoms. The highest BCUT2D eigenvalue weighted by Gasteiger charge is 2.50. The average molecular weight is 554 g/mol. The van der Waals surface area contributed by atoms with Gasteiger partial charge in [-0.1, -0.05) is 20.3 Å². The molecule has 2 heterocycles. The number of halogens is 4. The fourth-order valence-electron chi connectivity index (χ4n) is 4.37. The van der Waals surface area contributed by atoms with Crippen LogP contribution in [0.2, 0.25) is 0 Å². The number of hydrogen-bond acceptors (Lipinski definition) is 3. The van der Waals surface area contributed by atoms with Crippen LogP contribution >= 0.6 is 24.0 Å². The van der Waals surface area contributed by atoms with Crippen molar-refractivity contribution in [2.45, 2.75) is 57.9 Å². The van der Waals surface area contributed by atoms with Gasteiger partial charge in [0.25, 0.3) is 0 Å². The predicted octanol–water partition coefficient (Wildman–Crippen LogP) is 3.64. The molecule has 2 saturated heterocycles. The van der Waals surface area contributed by atoms with Crippen LogP contribution in [0.4, 0.5) is 13.2 Å². The van der Waals surface area contributed by atoms with Crippen molar-refractivity contribution in [1.29, 1.82) is 0 Å². The number of nitrogens with zero attached hydrogens (tertiary/aromatic N) is 3. The molecule has 2 aliphatic rings.